The van der Waals surface area contributed by atoms with Crippen LogP contribution in [-0.4, -0.2) is 23.7 Å². The zero-order chi connectivity index (χ0) is 15.1. The van der Waals surface area contributed by atoms with Crippen LogP contribution in [0.1, 0.15) is 32.8 Å². The van der Waals surface area contributed by atoms with Crippen LogP contribution in [0.3, 0.4) is 0 Å². The maximum absolute atomic E-state index is 12.8. The second kappa shape index (κ2) is 7.80. The molecular formula is C16H22FNO2. The predicted molar refractivity (Wildman–Crippen MR) is 78.5 cm³/mol. The molecule has 20 heavy (non-hydrogen) atoms. The maximum Gasteiger partial charge on any atom is 0.247 e. The van der Waals surface area contributed by atoms with E-state index in [1.807, 2.05) is 13.8 Å². The second-order valence-corrected chi connectivity index (χ2v) is 5.22. The van der Waals surface area contributed by atoms with Crippen LogP contribution in [0.5, 0.6) is 0 Å². The summed E-state index contributed by atoms with van der Waals surface area (Å²) in [5.41, 5.74) is 1.34. The van der Waals surface area contributed by atoms with Crippen molar-refractivity contribution in [3.8, 4) is 0 Å². The highest BCUT2D eigenvalue weighted by atomic mass is 19.1. The van der Waals surface area contributed by atoms with Crippen LogP contribution in [0, 0.1) is 11.7 Å². The molecule has 3 nitrogen and oxygen atoms in total. The molecule has 1 unspecified atom stereocenters. The van der Waals surface area contributed by atoms with Gasteiger partial charge in [0.2, 0.25) is 5.91 Å². The van der Waals surface area contributed by atoms with Gasteiger partial charge in [0.25, 0.3) is 0 Å². The summed E-state index contributed by atoms with van der Waals surface area (Å²) in [6.45, 7) is 5.76. The number of carbonyl (C=O) groups is 1. The number of nitrogens with one attached hydrogen (secondary N) is 1. The first-order valence-corrected chi connectivity index (χ1v) is 6.79. The third-order valence-corrected chi connectivity index (χ3v) is 3.17. The molecular weight excluding hydrogens is 257 g/mol. The number of aliphatic hydroxyl groups excluding tert-OH is 1. The number of amides is 1. The third-order valence-electron chi connectivity index (χ3n) is 3.17. The number of rotatable bonds is 6. The molecule has 1 aromatic rings. The van der Waals surface area contributed by atoms with E-state index in [1.165, 1.54) is 12.1 Å². The molecule has 1 rings (SSSR count). The fourth-order valence-electron chi connectivity index (χ4n) is 1.87. The summed E-state index contributed by atoms with van der Waals surface area (Å²) in [7, 11) is 0. The Balaban J connectivity index is 2.72. The van der Waals surface area contributed by atoms with Crippen molar-refractivity contribution in [3.63, 3.8) is 0 Å². The van der Waals surface area contributed by atoms with Crippen molar-refractivity contribution in [3.05, 3.63) is 41.2 Å². The molecule has 0 radical (unpaired) electrons. The number of hydrogen-bond acceptors (Lipinski definition) is 2. The van der Waals surface area contributed by atoms with Gasteiger partial charge in [0, 0.05) is 18.2 Å². The SMILES string of the molecule is C/C(=C\c1ccc(F)cc1)C(=O)NC(CCO)C(C)C. The van der Waals surface area contributed by atoms with Gasteiger partial charge in [-0.15, -0.1) is 0 Å². The Labute approximate surface area is 119 Å². The maximum atomic E-state index is 12.8. The summed E-state index contributed by atoms with van der Waals surface area (Å²) in [5.74, 6) is -0.210. The average Bonchev–Trinajstić information content (AvgIpc) is 2.40. The van der Waals surface area contributed by atoms with Gasteiger partial charge in [0.05, 0.1) is 0 Å². The largest absolute Gasteiger partial charge is 0.396 e. The molecule has 110 valence electrons. The van der Waals surface area contributed by atoms with E-state index in [4.69, 9.17) is 5.11 Å². The highest BCUT2D eigenvalue weighted by Gasteiger charge is 2.16. The van der Waals surface area contributed by atoms with Crippen molar-refractivity contribution >= 4 is 12.0 Å². The van der Waals surface area contributed by atoms with Crippen LogP contribution >= 0.6 is 0 Å². The summed E-state index contributed by atoms with van der Waals surface area (Å²) in [6.07, 6.45) is 2.25. The van der Waals surface area contributed by atoms with Crippen molar-refractivity contribution in [1.29, 1.82) is 0 Å². The third kappa shape index (κ3) is 5.13. The molecule has 1 amide bonds. The Morgan fingerprint density at radius 2 is 1.95 bits per heavy atom. The minimum absolute atomic E-state index is 0.0455. The molecule has 0 heterocycles. The Morgan fingerprint density at radius 3 is 2.45 bits per heavy atom. The van der Waals surface area contributed by atoms with Gasteiger partial charge in [0.15, 0.2) is 0 Å². The van der Waals surface area contributed by atoms with Gasteiger partial charge < -0.3 is 10.4 Å². The molecule has 0 saturated heterocycles. The molecule has 0 fully saturated rings. The Bertz CT molecular complexity index is 466. The molecule has 1 aromatic carbocycles. The smallest absolute Gasteiger partial charge is 0.247 e. The molecule has 2 N–H and O–H groups in total. The highest BCUT2D eigenvalue weighted by molar-refractivity contribution is 5.97. The van der Waals surface area contributed by atoms with Crippen molar-refractivity contribution in [2.75, 3.05) is 6.61 Å². The van der Waals surface area contributed by atoms with Crippen LogP contribution in [0.4, 0.5) is 4.39 Å². The monoisotopic (exact) mass is 279 g/mol. The summed E-state index contributed by atoms with van der Waals surface area (Å²) >= 11 is 0. The van der Waals surface area contributed by atoms with Gasteiger partial charge in [-0.3, -0.25) is 4.79 Å². The Morgan fingerprint density at radius 1 is 1.35 bits per heavy atom. The van der Waals surface area contributed by atoms with Gasteiger partial charge in [-0.05, 0) is 43.0 Å². The molecule has 0 aliphatic carbocycles. The zero-order valence-corrected chi connectivity index (χ0v) is 12.2. The minimum atomic E-state index is -0.299. The number of benzene rings is 1. The van der Waals surface area contributed by atoms with E-state index in [9.17, 15) is 9.18 Å². The quantitative estimate of drug-likeness (QED) is 0.787. The number of carbonyl (C=O) groups excluding carboxylic acids is 1. The molecule has 0 aromatic heterocycles. The van der Waals surface area contributed by atoms with Crippen LogP contribution in [0.25, 0.3) is 6.08 Å². The number of aliphatic hydroxyl groups is 1. The van der Waals surface area contributed by atoms with Crippen molar-refractivity contribution in [1.82, 2.24) is 5.32 Å². The molecule has 0 aliphatic heterocycles. The molecule has 0 aliphatic rings. The van der Waals surface area contributed by atoms with E-state index in [1.54, 1.807) is 25.1 Å². The van der Waals surface area contributed by atoms with E-state index in [-0.39, 0.29) is 30.3 Å². The van der Waals surface area contributed by atoms with E-state index in [0.717, 1.165) is 5.56 Å². The lowest BCUT2D eigenvalue weighted by Gasteiger charge is -2.21. The summed E-state index contributed by atoms with van der Waals surface area (Å²) < 4.78 is 12.8. The van der Waals surface area contributed by atoms with Gasteiger partial charge >= 0.3 is 0 Å². The average molecular weight is 279 g/mol. The fraction of sp³-hybridized carbons (Fsp3) is 0.438. The normalized spacial score (nSPS) is 13.4. The van der Waals surface area contributed by atoms with Gasteiger partial charge in [-0.1, -0.05) is 26.0 Å². The predicted octanol–water partition coefficient (Wildman–Crippen LogP) is 2.75. The van der Waals surface area contributed by atoms with Crippen molar-refractivity contribution < 1.29 is 14.3 Å². The molecule has 0 bridgehead atoms. The lowest BCUT2D eigenvalue weighted by molar-refractivity contribution is -0.118. The minimum Gasteiger partial charge on any atom is -0.396 e. The van der Waals surface area contributed by atoms with Gasteiger partial charge in [0.1, 0.15) is 5.82 Å². The fourth-order valence-corrected chi connectivity index (χ4v) is 1.87. The number of hydrogen-bond donors (Lipinski definition) is 2. The number of halogens is 1. The molecule has 1 atom stereocenters. The first-order chi connectivity index (χ1) is 9.43. The molecule has 0 saturated carbocycles. The summed E-state index contributed by atoms with van der Waals surface area (Å²) in [5, 5.41) is 11.9. The van der Waals surface area contributed by atoms with E-state index >= 15 is 0 Å². The summed E-state index contributed by atoms with van der Waals surface area (Å²) in [4.78, 5) is 12.1. The van der Waals surface area contributed by atoms with E-state index < -0.39 is 0 Å². The van der Waals surface area contributed by atoms with E-state index in [2.05, 4.69) is 5.32 Å². The molecule has 0 spiro atoms. The highest BCUT2D eigenvalue weighted by Crippen LogP contribution is 2.10. The van der Waals surface area contributed by atoms with Crippen LogP contribution in [0.15, 0.2) is 29.8 Å². The topological polar surface area (TPSA) is 49.3 Å². The van der Waals surface area contributed by atoms with Crippen LogP contribution in [-0.2, 0) is 4.79 Å². The summed E-state index contributed by atoms with van der Waals surface area (Å²) in [6, 6.07) is 5.92. The first kappa shape index (κ1) is 16.4. The van der Waals surface area contributed by atoms with Crippen molar-refractivity contribution in [2.24, 2.45) is 5.92 Å². The van der Waals surface area contributed by atoms with Crippen molar-refractivity contribution in [2.45, 2.75) is 33.2 Å². The van der Waals surface area contributed by atoms with Gasteiger partial charge in [-0.2, -0.15) is 0 Å². The van der Waals surface area contributed by atoms with Gasteiger partial charge in [-0.25, -0.2) is 4.39 Å². The Kier molecular flexibility index (Phi) is 6.39. The standard InChI is InChI=1S/C16H22FNO2/c1-11(2)15(8-9-19)18-16(20)12(3)10-13-4-6-14(17)7-5-13/h4-7,10-11,15,19H,8-9H2,1-3H3,(H,18,20)/b12-10+. The van der Waals surface area contributed by atoms with Crippen LogP contribution < -0.4 is 5.32 Å². The van der Waals surface area contributed by atoms with E-state index in [0.29, 0.717) is 12.0 Å². The lowest BCUT2D eigenvalue weighted by atomic mass is 10.0. The second-order valence-electron chi connectivity index (χ2n) is 5.22. The first-order valence-electron chi connectivity index (χ1n) is 6.79. The Hall–Kier alpha value is -1.68. The zero-order valence-electron chi connectivity index (χ0n) is 12.2. The molecule has 4 heteroatoms. The van der Waals surface area contributed by atoms with Crippen LogP contribution in [0.2, 0.25) is 0 Å². The lowest BCUT2D eigenvalue weighted by Crippen LogP contribution is -2.39.